The van der Waals surface area contributed by atoms with Gasteiger partial charge in [0.15, 0.2) is 34.7 Å². The maximum absolute atomic E-state index is 13.5. The zero-order valence-electron chi connectivity index (χ0n) is 22.7. The smallest absolute Gasteiger partial charge is 0.338 e. The Hall–Kier alpha value is -3.37. The van der Waals surface area contributed by atoms with Gasteiger partial charge < -0.3 is 43.4 Å². The number of methoxy groups -OCH3 is 3. The third-order valence-corrected chi connectivity index (χ3v) is 8.22. The molecule has 10 heteroatoms. The molecule has 2 aromatic rings. The second kappa shape index (κ2) is 9.13. The predicted molar refractivity (Wildman–Crippen MR) is 135 cm³/mol. The van der Waals surface area contributed by atoms with Gasteiger partial charge in [-0.2, -0.15) is 0 Å². The molecule has 0 unspecified atom stereocenters. The molecule has 0 spiro atoms. The molecule has 0 aromatic heterocycles. The molecule has 3 aliphatic rings. The van der Waals surface area contributed by atoms with E-state index in [1.165, 1.54) is 28.3 Å². The summed E-state index contributed by atoms with van der Waals surface area (Å²) < 4.78 is 41.2. The van der Waals surface area contributed by atoms with E-state index in [-0.39, 0.29) is 13.4 Å². The van der Waals surface area contributed by atoms with Crippen LogP contribution in [-0.4, -0.2) is 62.1 Å². The van der Waals surface area contributed by atoms with Crippen molar-refractivity contribution >= 4 is 5.97 Å². The third-order valence-electron chi connectivity index (χ3n) is 8.22. The molecule has 2 N–H and O–H groups in total. The number of aliphatic hydroxyl groups is 2. The first-order valence-corrected chi connectivity index (χ1v) is 12.5. The molecule has 0 amide bonds. The van der Waals surface area contributed by atoms with Crippen LogP contribution in [0.2, 0.25) is 0 Å². The molecule has 5 rings (SSSR count). The molecule has 2 heterocycles. The van der Waals surface area contributed by atoms with E-state index in [9.17, 15) is 15.0 Å². The summed E-state index contributed by atoms with van der Waals surface area (Å²) in [4.78, 5) is 13.5. The van der Waals surface area contributed by atoms with Gasteiger partial charge in [0, 0.05) is 22.6 Å². The highest BCUT2D eigenvalue weighted by Gasteiger charge is 2.50. The van der Waals surface area contributed by atoms with Gasteiger partial charge in [-0.25, -0.2) is 4.79 Å². The zero-order valence-corrected chi connectivity index (χ0v) is 22.7. The molecule has 1 aliphatic carbocycles. The van der Waals surface area contributed by atoms with E-state index in [1.54, 1.807) is 19.9 Å². The summed E-state index contributed by atoms with van der Waals surface area (Å²) in [5, 5.41) is 23.3. The summed E-state index contributed by atoms with van der Waals surface area (Å²) in [6.45, 7) is 6.54. The number of ether oxygens (including phenoxy) is 7. The Balaban J connectivity index is 1.98. The van der Waals surface area contributed by atoms with Crippen molar-refractivity contribution in [2.45, 2.75) is 51.4 Å². The zero-order chi connectivity index (χ0) is 27.6. The van der Waals surface area contributed by atoms with Crippen LogP contribution in [0.15, 0.2) is 12.1 Å². The van der Waals surface area contributed by atoms with Gasteiger partial charge in [-0.1, -0.05) is 13.8 Å². The lowest BCUT2D eigenvalue weighted by molar-refractivity contribution is -0.194. The minimum Gasteiger partial charge on any atom is -0.493 e. The van der Waals surface area contributed by atoms with E-state index in [1.807, 2.05) is 13.0 Å². The van der Waals surface area contributed by atoms with E-state index < -0.39 is 35.1 Å². The summed E-state index contributed by atoms with van der Waals surface area (Å²) in [6.07, 6.45) is -0.830. The molecule has 0 saturated carbocycles. The van der Waals surface area contributed by atoms with Gasteiger partial charge in [-0.05, 0) is 43.9 Å². The second-order valence-corrected chi connectivity index (χ2v) is 10.6. The van der Waals surface area contributed by atoms with Crippen LogP contribution in [-0.2, 0) is 16.0 Å². The summed E-state index contributed by atoms with van der Waals surface area (Å²) in [5.74, 6) is 0.241. The van der Waals surface area contributed by atoms with E-state index >= 15 is 0 Å². The van der Waals surface area contributed by atoms with Gasteiger partial charge in [0.1, 0.15) is 5.60 Å². The van der Waals surface area contributed by atoms with Gasteiger partial charge in [0.2, 0.25) is 18.3 Å². The molecule has 2 bridgehead atoms. The number of hydrogen-bond donors (Lipinski definition) is 2. The van der Waals surface area contributed by atoms with Crippen molar-refractivity contribution in [1.29, 1.82) is 0 Å². The van der Waals surface area contributed by atoms with Crippen LogP contribution in [0, 0.1) is 11.8 Å². The maximum atomic E-state index is 13.5. The number of benzene rings is 2. The molecule has 0 radical (unpaired) electrons. The summed E-state index contributed by atoms with van der Waals surface area (Å²) in [6, 6.07) is 3.54. The maximum Gasteiger partial charge on any atom is 0.338 e. The topological polar surface area (TPSA) is 122 Å². The lowest BCUT2D eigenvalue weighted by Gasteiger charge is -2.41. The molecule has 0 saturated heterocycles. The van der Waals surface area contributed by atoms with Crippen molar-refractivity contribution in [3.05, 3.63) is 23.3 Å². The molecule has 2 aromatic carbocycles. The fourth-order valence-electron chi connectivity index (χ4n) is 5.37. The van der Waals surface area contributed by atoms with E-state index in [2.05, 4.69) is 0 Å². The molecule has 2 aliphatic heterocycles. The molecule has 38 heavy (non-hydrogen) atoms. The Morgan fingerprint density at radius 2 is 1.61 bits per heavy atom. The Labute approximate surface area is 221 Å². The summed E-state index contributed by atoms with van der Waals surface area (Å²) in [5.41, 5.74) is -1.15. The number of hydrogen-bond acceptors (Lipinski definition) is 10. The monoisotopic (exact) mass is 530 g/mol. The number of esters is 1. The Bertz CT molecular complexity index is 1280. The SMILES string of the molecule is COc1cc2c(c(OC)c1OC)-c1c3cc4c(c1OC[C@@H](C)[C@@](C)(O)C(=O)O[C@@H]2[C@@](C)(O)[C@@H](C)C3)OCO4. The van der Waals surface area contributed by atoms with Crippen molar-refractivity contribution in [1.82, 2.24) is 0 Å². The normalized spacial score (nSPS) is 29.7. The minimum absolute atomic E-state index is 0.00920. The van der Waals surface area contributed by atoms with Gasteiger partial charge in [-0.3, -0.25) is 0 Å². The van der Waals surface area contributed by atoms with Crippen molar-refractivity contribution in [3.8, 4) is 45.6 Å². The fourth-order valence-corrected chi connectivity index (χ4v) is 5.37. The van der Waals surface area contributed by atoms with Crippen LogP contribution < -0.4 is 28.4 Å². The first kappa shape index (κ1) is 26.2. The lowest BCUT2D eigenvalue weighted by Crippen LogP contribution is -2.49. The predicted octanol–water partition coefficient (Wildman–Crippen LogP) is 3.42. The summed E-state index contributed by atoms with van der Waals surface area (Å²) in [7, 11) is 4.47. The average Bonchev–Trinajstić information content (AvgIpc) is 3.35. The van der Waals surface area contributed by atoms with E-state index in [0.29, 0.717) is 57.6 Å². The van der Waals surface area contributed by atoms with Crippen LogP contribution in [0.4, 0.5) is 0 Å². The molecule has 10 nitrogen and oxygen atoms in total. The van der Waals surface area contributed by atoms with E-state index in [4.69, 9.17) is 33.2 Å². The van der Waals surface area contributed by atoms with Gasteiger partial charge in [-0.15, -0.1) is 0 Å². The lowest BCUT2D eigenvalue weighted by atomic mass is 9.73. The highest BCUT2D eigenvalue weighted by atomic mass is 16.7. The van der Waals surface area contributed by atoms with Crippen molar-refractivity contribution in [3.63, 3.8) is 0 Å². The number of carbonyl (C=O) groups is 1. The van der Waals surface area contributed by atoms with Crippen LogP contribution >= 0.6 is 0 Å². The largest absolute Gasteiger partial charge is 0.493 e. The Morgan fingerprint density at radius 1 is 0.895 bits per heavy atom. The van der Waals surface area contributed by atoms with Crippen LogP contribution in [0.1, 0.15) is 44.9 Å². The Morgan fingerprint density at radius 3 is 2.26 bits per heavy atom. The first-order valence-electron chi connectivity index (χ1n) is 12.5. The molecular weight excluding hydrogens is 496 g/mol. The molecular formula is C28H34O10. The standard InChI is InChI=1S/C28H34O10/c1-13-8-15-9-18-22(37-12-36-18)24-19(15)20-16(10-17(32-5)21(33-6)23(20)34-7)25(27(13,3)30)38-26(29)28(4,31)14(2)11-35-24/h9-10,13-14,25,30-31H,8,11-12H2,1-7H3/t13-,14+,25-,27-,28+/m0/s1. The van der Waals surface area contributed by atoms with Gasteiger partial charge in [0.05, 0.1) is 27.9 Å². The van der Waals surface area contributed by atoms with Gasteiger partial charge >= 0.3 is 5.97 Å². The number of rotatable bonds is 3. The van der Waals surface area contributed by atoms with Crippen LogP contribution in [0.3, 0.4) is 0 Å². The summed E-state index contributed by atoms with van der Waals surface area (Å²) >= 11 is 0. The fraction of sp³-hybridized carbons (Fsp3) is 0.536. The van der Waals surface area contributed by atoms with E-state index in [0.717, 1.165) is 5.56 Å². The second-order valence-electron chi connectivity index (χ2n) is 10.6. The average molecular weight is 531 g/mol. The molecule has 5 atom stereocenters. The molecule has 0 fully saturated rings. The van der Waals surface area contributed by atoms with Gasteiger partial charge in [0.25, 0.3) is 0 Å². The number of fused-ring (bicyclic) bond motifs is 2. The third kappa shape index (κ3) is 3.72. The Kier molecular flexibility index (Phi) is 6.30. The quantitative estimate of drug-likeness (QED) is 0.571. The number of carbonyl (C=O) groups excluding carboxylic acids is 1. The van der Waals surface area contributed by atoms with Crippen LogP contribution in [0.5, 0.6) is 34.5 Å². The van der Waals surface area contributed by atoms with Crippen molar-refractivity contribution < 1.29 is 48.2 Å². The highest BCUT2D eigenvalue weighted by molar-refractivity contribution is 5.89. The first-order chi connectivity index (χ1) is 18.0. The van der Waals surface area contributed by atoms with Crippen molar-refractivity contribution in [2.75, 3.05) is 34.7 Å². The molecule has 206 valence electrons. The minimum atomic E-state index is -1.92. The highest BCUT2D eigenvalue weighted by Crippen LogP contribution is 2.59. The van der Waals surface area contributed by atoms with Crippen molar-refractivity contribution in [2.24, 2.45) is 11.8 Å². The van der Waals surface area contributed by atoms with Crippen LogP contribution in [0.25, 0.3) is 11.1 Å².